The van der Waals surface area contributed by atoms with Gasteiger partial charge in [-0.2, -0.15) is 5.10 Å². The fraction of sp³-hybridized carbons (Fsp3) is 0.250. The van der Waals surface area contributed by atoms with E-state index < -0.39 is 10.0 Å². The van der Waals surface area contributed by atoms with E-state index in [4.69, 9.17) is 4.74 Å². The van der Waals surface area contributed by atoms with E-state index in [0.717, 1.165) is 0 Å². The molecule has 1 aromatic heterocycles. The molecule has 2 aromatic rings. The van der Waals surface area contributed by atoms with Crippen molar-refractivity contribution in [1.29, 1.82) is 0 Å². The van der Waals surface area contributed by atoms with Crippen LogP contribution in [0.15, 0.2) is 35.5 Å². The number of hydrogen-bond donors (Lipinski definition) is 3. The first-order valence-electron chi connectivity index (χ1n) is 5.95. The van der Waals surface area contributed by atoms with Gasteiger partial charge in [-0.1, -0.05) is 0 Å². The van der Waals surface area contributed by atoms with Crippen LogP contribution in [0.5, 0.6) is 5.75 Å². The Morgan fingerprint density at radius 2 is 2.25 bits per heavy atom. The molecule has 0 fully saturated rings. The zero-order valence-electron chi connectivity index (χ0n) is 10.8. The number of sulfonamides is 1. The van der Waals surface area contributed by atoms with Crippen molar-refractivity contribution in [3.8, 4) is 5.75 Å². The summed E-state index contributed by atoms with van der Waals surface area (Å²) in [6.07, 6.45) is 2.79. The lowest BCUT2D eigenvalue weighted by atomic mass is 10.2. The molecule has 8 heteroatoms. The van der Waals surface area contributed by atoms with Crippen LogP contribution in [0.3, 0.4) is 0 Å². The molecule has 0 unspecified atom stereocenters. The van der Waals surface area contributed by atoms with Crippen molar-refractivity contribution in [3.05, 3.63) is 36.2 Å². The van der Waals surface area contributed by atoms with Gasteiger partial charge < -0.3 is 9.84 Å². The molecular formula is C12H15N3O4S. The number of aliphatic hydroxyl groups is 1. The number of hydrogen-bond acceptors (Lipinski definition) is 5. The van der Waals surface area contributed by atoms with Gasteiger partial charge in [0.25, 0.3) is 10.0 Å². The summed E-state index contributed by atoms with van der Waals surface area (Å²) in [5, 5.41) is 15.5. The van der Waals surface area contributed by atoms with Crippen molar-refractivity contribution in [3.63, 3.8) is 0 Å². The van der Waals surface area contributed by atoms with Gasteiger partial charge in [0, 0.05) is 11.8 Å². The first kappa shape index (κ1) is 14.4. The smallest absolute Gasteiger partial charge is 0.262 e. The third kappa shape index (κ3) is 3.09. The number of aliphatic hydroxyl groups excluding tert-OH is 1. The number of nitrogens with zero attached hydrogens (tertiary/aromatic N) is 1. The van der Waals surface area contributed by atoms with Gasteiger partial charge in [-0.25, -0.2) is 8.42 Å². The minimum Gasteiger partial charge on any atom is -0.494 e. The van der Waals surface area contributed by atoms with Gasteiger partial charge in [-0.15, -0.1) is 0 Å². The quantitative estimate of drug-likeness (QED) is 0.740. The van der Waals surface area contributed by atoms with E-state index in [1.54, 1.807) is 0 Å². The molecule has 0 radical (unpaired) electrons. The van der Waals surface area contributed by atoms with E-state index in [1.165, 1.54) is 30.6 Å². The number of ether oxygens (including phenoxy) is 1. The number of anilines is 1. The second-order valence-corrected chi connectivity index (χ2v) is 5.64. The summed E-state index contributed by atoms with van der Waals surface area (Å²) < 4.78 is 32.0. The average Bonchev–Trinajstić information content (AvgIpc) is 2.91. The third-order valence-corrected chi connectivity index (χ3v) is 3.94. The molecule has 0 aliphatic rings. The van der Waals surface area contributed by atoms with Crippen LogP contribution < -0.4 is 9.46 Å². The van der Waals surface area contributed by atoms with E-state index >= 15 is 0 Å². The second kappa shape index (κ2) is 5.93. The standard InChI is InChI=1S/C12H15N3O4S/c1-2-19-12-4-3-11(5-9(12)8-16)20(17,18)15-10-6-13-14-7-10/h3-7,15-16H,2,8H2,1H3,(H,13,14). The largest absolute Gasteiger partial charge is 0.494 e. The predicted octanol–water partition coefficient (Wildman–Crippen LogP) is 1.10. The summed E-state index contributed by atoms with van der Waals surface area (Å²) in [4.78, 5) is 0.0474. The number of H-pyrrole nitrogens is 1. The van der Waals surface area contributed by atoms with Crippen LogP contribution in [0.1, 0.15) is 12.5 Å². The summed E-state index contributed by atoms with van der Waals surface area (Å²) in [6, 6.07) is 4.33. The number of benzene rings is 1. The van der Waals surface area contributed by atoms with Crippen molar-refractivity contribution in [2.75, 3.05) is 11.3 Å². The Kier molecular flexibility index (Phi) is 4.26. The Hall–Kier alpha value is -2.06. The maximum atomic E-state index is 12.2. The number of nitrogens with one attached hydrogen (secondary N) is 2. The minimum atomic E-state index is -3.72. The SMILES string of the molecule is CCOc1ccc(S(=O)(=O)Nc2cn[nH]c2)cc1CO. The molecule has 1 heterocycles. The topological polar surface area (TPSA) is 104 Å². The van der Waals surface area contributed by atoms with Crippen LogP contribution in [-0.2, 0) is 16.6 Å². The molecule has 20 heavy (non-hydrogen) atoms. The van der Waals surface area contributed by atoms with Gasteiger partial charge in [0.1, 0.15) is 5.75 Å². The fourth-order valence-corrected chi connectivity index (χ4v) is 2.75. The zero-order valence-corrected chi connectivity index (χ0v) is 11.6. The molecule has 0 saturated heterocycles. The molecule has 108 valence electrons. The maximum absolute atomic E-state index is 12.2. The Bertz CT molecular complexity index is 668. The van der Waals surface area contributed by atoms with Crippen LogP contribution in [0.4, 0.5) is 5.69 Å². The van der Waals surface area contributed by atoms with Crippen LogP contribution in [0.2, 0.25) is 0 Å². The van der Waals surface area contributed by atoms with Gasteiger partial charge in [-0.05, 0) is 25.1 Å². The van der Waals surface area contributed by atoms with Crippen molar-refractivity contribution in [1.82, 2.24) is 10.2 Å². The number of rotatable bonds is 6. The van der Waals surface area contributed by atoms with Crippen molar-refractivity contribution in [2.24, 2.45) is 0 Å². The Labute approximate surface area is 116 Å². The molecule has 0 aliphatic carbocycles. The average molecular weight is 297 g/mol. The van der Waals surface area contributed by atoms with Crippen LogP contribution in [0.25, 0.3) is 0 Å². The monoisotopic (exact) mass is 297 g/mol. The van der Waals surface area contributed by atoms with E-state index in [2.05, 4.69) is 14.9 Å². The van der Waals surface area contributed by atoms with Gasteiger partial charge >= 0.3 is 0 Å². The van der Waals surface area contributed by atoms with E-state index in [1.807, 2.05) is 6.92 Å². The molecule has 0 spiro atoms. The summed E-state index contributed by atoms with van der Waals surface area (Å²) in [5.41, 5.74) is 0.756. The first-order chi connectivity index (χ1) is 9.56. The molecule has 0 saturated carbocycles. The van der Waals surface area contributed by atoms with Gasteiger partial charge in [0.2, 0.25) is 0 Å². The number of aromatic nitrogens is 2. The molecule has 0 bridgehead atoms. The van der Waals surface area contributed by atoms with Gasteiger partial charge in [-0.3, -0.25) is 9.82 Å². The molecule has 0 aliphatic heterocycles. The Morgan fingerprint density at radius 3 is 2.85 bits per heavy atom. The molecular weight excluding hydrogens is 282 g/mol. The molecule has 0 amide bonds. The lowest BCUT2D eigenvalue weighted by molar-refractivity contribution is 0.266. The highest BCUT2D eigenvalue weighted by atomic mass is 32.2. The summed E-state index contributed by atoms with van der Waals surface area (Å²) in [5.74, 6) is 0.470. The highest BCUT2D eigenvalue weighted by Crippen LogP contribution is 2.24. The Morgan fingerprint density at radius 1 is 1.45 bits per heavy atom. The fourth-order valence-electron chi connectivity index (χ4n) is 1.66. The van der Waals surface area contributed by atoms with Crippen LogP contribution in [-0.4, -0.2) is 30.3 Å². The summed E-state index contributed by atoms with van der Waals surface area (Å²) in [6.45, 7) is 1.95. The van der Waals surface area contributed by atoms with Crippen LogP contribution >= 0.6 is 0 Å². The van der Waals surface area contributed by atoms with Crippen molar-refractivity contribution in [2.45, 2.75) is 18.4 Å². The summed E-state index contributed by atoms with van der Waals surface area (Å²) >= 11 is 0. The predicted molar refractivity (Wildman–Crippen MR) is 72.9 cm³/mol. The third-order valence-electron chi connectivity index (χ3n) is 2.56. The normalized spacial score (nSPS) is 11.3. The zero-order chi connectivity index (χ0) is 14.6. The Balaban J connectivity index is 2.32. The van der Waals surface area contributed by atoms with Crippen LogP contribution in [0, 0.1) is 0 Å². The lowest BCUT2D eigenvalue weighted by Gasteiger charge is -2.11. The molecule has 7 nitrogen and oxygen atoms in total. The molecule has 1 aromatic carbocycles. The van der Waals surface area contributed by atoms with E-state index in [9.17, 15) is 13.5 Å². The van der Waals surface area contributed by atoms with E-state index in [-0.39, 0.29) is 11.5 Å². The highest BCUT2D eigenvalue weighted by Gasteiger charge is 2.17. The lowest BCUT2D eigenvalue weighted by Crippen LogP contribution is -2.13. The van der Waals surface area contributed by atoms with Gasteiger partial charge in [0.05, 0.1) is 30.0 Å². The molecule has 2 rings (SSSR count). The first-order valence-corrected chi connectivity index (χ1v) is 7.43. The van der Waals surface area contributed by atoms with Crippen molar-refractivity contribution >= 4 is 15.7 Å². The second-order valence-electron chi connectivity index (χ2n) is 3.95. The number of aromatic amines is 1. The molecule has 0 atom stereocenters. The highest BCUT2D eigenvalue weighted by molar-refractivity contribution is 7.92. The summed E-state index contributed by atoms with van der Waals surface area (Å²) in [7, 11) is -3.72. The maximum Gasteiger partial charge on any atom is 0.262 e. The minimum absolute atomic E-state index is 0.0474. The molecule has 3 N–H and O–H groups in total. The van der Waals surface area contributed by atoms with Crippen molar-refractivity contribution < 1.29 is 18.3 Å². The van der Waals surface area contributed by atoms with Gasteiger partial charge in [0.15, 0.2) is 0 Å². The van der Waals surface area contributed by atoms with E-state index in [0.29, 0.717) is 23.6 Å².